The number of carbonyl (C=O) groups excluding carboxylic acids is 4. The van der Waals surface area contributed by atoms with Gasteiger partial charge in [-0.05, 0) is 166 Å². The van der Waals surface area contributed by atoms with Crippen LogP contribution in [0.4, 0.5) is 0 Å². The minimum atomic E-state index is -1.15. The quantitative estimate of drug-likeness (QED) is 0.151. The van der Waals surface area contributed by atoms with Gasteiger partial charge in [0.05, 0.1) is 19.1 Å². The van der Waals surface area contributed by atoms with Gasteiger partial charge >= 0.3 is 5.97 Å². The summed E-state index contributed by atoms with van der Waals surface area (Å²) in [7, 11) is 1.00. The van der Waals surface area contributed by atoms with E-state index in [2.05, 4.69) is 52.2 Å². The Labute approximate surface area is 388 Å². The number of carboxylic acids is 1. The third kappa shape index (κ3) is 8.76. The predicted octanol–water partition coefficient (Wildman–Crippen LogP) is 9.00. The van der Waals surface area contributed by atoms with Crippen molar-refractivity contribution in [2.75, 3.05) is 26.9 Å². The summed E-state index contributed by atoms with van der Waals surface area (Å²) in [4.78, 5) is 66.5. The fourth-order valence-electron chi connectivity index (χ4n) is 15.6. The number of amides is 2. The molecule has 11 nitrogen and oxygen atoms in total. The molecule has 1 saturated heterocycles. The smallest absolute Gasteiger partial charge is 0.306 e. The molecule has 1 aromatic rings. The van der Waals surface area contributed by atoms with Gasteiger partial charge in [-0.1, -0.05) is 54.0 Å². The number of allylic oxidation sites excluding steroid dienone is 2. The van der Waals surface area contributed by atoms with Gasteiger partial charge < -0.3 is 30.3 Å². The van der Waals surface area contributed by atoms with Crippen LogP contribution in [0, 0.1) is 74.9 Å². The summed E-state index contributed by atoms with van der Waals surface area (Å²) in [5.41, 5.74) is 1.85. The second-order valence-corrected chi connectivity index (χ2v) is 23.4. The highest BCUT2D eigenvalue weighted by molar-refractivity contribution is 6.01. The number of aliphatic hydroxyl groups is 1. The Bertz CT molecular complexity index is 2020. The summed E-state index contributed by atoms with van der Waals surface area (Å²) < 4.78 is 11.4. The first-order valence-electron chi connectivity index (χ1n) is 25.1. The third-order valence-corrected chi connectivity index (χ3v) is 19.1. The molecule has 2 amide bonds. The maximum absolute atomic E-state index is 14.1. The van der Waals surface area contributed by atoms with E-state index in [1.165, 1.54) is 12.0 Å². The molecule has 12 unspecified atom stereocenters. The van der Waals surface area contributed by atoms with Crippen LogP contribution in [0.15, 0.2) is 35.4 Å². The second-order valence-electron chi connectivity index (χ2n) is 23.4. The van der Waals surface area contributed by atoms with Gasteiger partial charge in [-0.3, -0.25) is 24.0 Å². The maximum Gasteiger partial charge on any atom is 0.306 e. The van der Waals surface area contributed by atoms with Crippen molar-refractivity contribution in [3.63, 3.8) is 0 Å². The number of carboxylic acid groups (broad SMARTS) is 1. The molecule has 0 spiro atoms. The molecule has 1 heterocycles. The molecule has 12 atom stereocenters. The Kier molecular flexibility index (Phi) is 14.0. The molecule has 65 heavy (non-hydrogen) atoms. The highest BCUT2D eigenvalue weighted by atomic mass is 16.5. The summed E-state index contributed by atoms with van der Waals surface area (Å²) in [5.74, 6) is 1.75. The number of ether oxygens (including phenoxy) is 2. The van der Waals surface area contributed by atoms with Crippen LogP contribution in [-0.4, -0.2) is 78.1 Å². The van der Waals surface area contributed by atoms with E-state index in [0.717, 1.165) is 64.0 Å². The van der Waals surface area contributed by atoms with Gasteiger partial charge in [0.2, 0.25) is 5.91 Å². The van der Waals surface area contributed by atoms with E-state index in [1.54, 1.807) is 38.1 Å². The lowest BCUT2D eigenvalue weighted by Crippen LogP contribution is -2.62. The van der Waals surface area contributed by atoms with E-state index in [-0.39, 0.29) is 69.0 Å². The van der Waals surface area contributed by atoms with Gasteiger partial charge in [-0.2, -0.15) is 0 Å². The minimum absolute atomic E-state index is 0.0144. The standard InChI is InChI=1S/C53H76N2O8.CH4O/c1-30(2)44-41(57)28-53(23-24-54-48(61)50(6,7)55-46(58)32-10-12-34(13-11-32)63-35-19-25-62-29-35)22-17-39-36(45(44)53)14-15-43-51(39,8)21-18-42-49(4,5)33(16-20-52(42,43)9)26-40(56)37-27-38(31(37)3)47(59)60;1-2/h10-13,30-31,33,35-39,42-43H,14-29H2,1-9H3,(H,54,61)(H,55,58)(H,59,60);2H,1H3. The SMILES string of the molecule is CC(C)C1=C2C3CCC4C(C)(CCC5C(C)(C)C(CC(=O)C6CC(C(=O)O)C6C)CCC54C)C3CCC2(CCNC(=O)C(C)(C)NC(=O)c2ccc(OC3CCOC3)cc2)CC1=O.CO. The van der Waals surface area contributed by atoms with Crippen LogP contribution in [0.25, 0.3) is 0 Å². The van der Waals surface area contributed by atoms with E-state index in [4.69, 9.17) is 14.6 Å². The lowest BCUT2D eigenvalue weighted by atomic mass is 9.35. The van der Waals surface area contributed by atoms with E-state index < -0.39 is 11.5 Å². The van der Waals surface area contributed by atoms with E-state index >= 15 is 0 Å². The lowest BCUT2D eigenvalue weighted by Gasteiger charge is -2.69. The largest absolute Gasteiger partial charge is 0.488 e. The topological polar surface area (TPSA) is 168 Å². The number of ketones is 2. The van der Waals surface area contributed by atoms with E-state index in [0.29, 0.717) is 92.1 Å². The van der Waals surface area contributed by atoms with E-state index in [9.17, 15) is 29.1 Å². The fourth-order valence-corrected chi connectivity index (χ4v) is 15.6. The molecule has 7 aliphatic rings. The number of hydrogen-bond acceptors (Lipinski definition) is 8. The first kappa shape index (κ1) is 49.3. The van der Waals surface area contributed by atoms with Crippen molar-refractivity contribution < 1.29 is 43.7 Å². The zero-order valence-corrected chi connectivity index (χ0v) is 41.1. The monoisotopic (exact) mass is 901 g/mol. The molecule has 5 saturated carbocycles. The first-order chi connectivity index (χ1) is 30.6. The van der Waals surface area contributed by atoms with Crippen LogP contribution in [0.2, 0.25) is 0 Å². The second kappa shape index (κ2) is 18.5. The fraction of sp³-hybridized carbons (Fsp3) is 0.759. The Morgan fingerprint density at radius 2 is 1.58 bits per heavy atom. The molecular weight excluding hydrogens is 821 g/mol. The van der Waals surface area contributed by atoms with Crippen molar-refractivity contribution in [1.29, 1.82) is 0 Å². The van der Waals surface area contributed by atoms with Gasteiger partial charge in [-0.15, -0.1) is 0 Å². The number of rotatable bonds is 13. The summed E-state index contributed by atoms with van der Waals surface area (Å²) in [6, 6.07) is 6.99. The number of benzene rings is 1. The lowest BCUT2D eigenvalue weighted by molar-refractivity contribution is -0.193. The molecule has 1 aliphatic heterocycles. The highest BCUT2D eigenvalue weighted by Gasteiger charge is 2.66. The first-order valence-corrected chi connectivity index (χ1v) is 25.1. The van der Waals surface area contributed by atoms with Gasteiger partial charge in [-0.25, -0.2) is 0 Å². The number of hydrogen-bond donors (Lipinski definition) is 4. The van der Waals surface area contributed by atoms with Crippen LogP contribution in [-0.2, 0) is 23.9 Å². The molecule has 1 aromatic carbocycles. The maximum atomic E-state index is 14.1. The van der Waals surface area contributed by atoms with Crippen molar-refractivity contribution in [3.05, 3.63) is 41.0 Å². The Hall–Kier alpha value is -3.57. The molecular formula is C54H80N2O9. The van der Waals surface area contributed by atoms with Gasteiger partial charge in [0.15, 0.2) is 5.78 Å². The summed E-state index contributed by atoms with van der Waals surface area (Å²) in [5, 5.41) is 22.7. The van der Waals surface area contributed by atoms with Crippen molar-refractivity contribution in [2.24, 2.45) is 74.9 Å². The van der Waals surface area contributed by atoms with Crippen molar-refractivity contribution in [1.82, 2.24) is 10.6 Å². The van der Waals surface area contributed by atoms with Crippen LogP contribution >= 0.6 is 0 Å². The zero-order valence-electron chi connectivity index (χ0n) is 41.1. The average Bonchev–Trinajstić information content (AvgIpc) is 3.87. The third-order valence-electron chi connectivity index (χ3n) is 19.1. The molecule has 8 rings (SSSR count). The van der Waals surface area contributed by atoms with Crippen molar-refractivity contribution >= 4 is 29.4 Å². The molecule has 6 aliphatic carbocycles. The zero-order chi connectivity index (χ0) is 47.4. The Morgan fingerprint density at radius 3 is 2.22 bits per heavy atom. The van der Waals surface area contributed by atoms with Crippen LogP contribution in [0.1, 0.15) is 156 Å². The van der Waals surface area contributed by atoms with Crippen molar-refractivity contribution in [3.8, 4) is 5.75 Å². The molecule has 6 fully saturated rings. The van der Waals surface area contributed by atoms with Gasteiger partial charge in [0.1, 0.15) is 23.2 Å². The molecule has 4 N–H and O–H groups in total. The summed E-state index contributed by atoms with van der Waals surface area (Å²) in [6.45, 7) is 21.5. The number of fused-ring (bicyclic) bond motifs is 7. The normalized spacial score (nSPS) is 37.0. The number of carbonyl (C=O) groups is 5. The number of Topliss-reactive ketones (excluding diaryl/α,β-unsaturated/α-hetero) is 2. The average molecular weight is 901 g/mol. The number of nitrogens with one attached hydrogen (secondary N) is 2. The molecule has 0 radical (unpaired) electrons. The molecule has 0 bridgehead atoms. The number of aliphatic carboxylic acids is 1. The Balaban J connectivity index is 0.00000311. The highest BCUT2D eigenvalue weighted by Crippen LogP contribution is 2.74. The molecule has 360 valence electrons. The van der Waals surface area contributed by atoms with Crippen LogP contribution < -0.4 is 15.4 Å². The predicted molar refractivity (Wildman–Crippen MR) is 250 cm³/mol. The van der Waals surface area contributed by atoms with Gasteiger partial charge in [0.25, 0.3) is 5.91 Å². The van der Waals surface area contributed by atoms with E-state index in [1.807, 2.05) is 6.92 Å². The van der Waals surface area contributed by atoms with Crippen LogP contribution in [0.3, 0.4) is 0 Å². The number of aliphatic hydroxyl groups excluding tert-OH is 1. The van der Waals surface area contributed by atoms with Gasteiger partial charge in [0, 0.05) is 49.8 Å². The summed E-state index contributed by atoms with van der Waals surface area (Å²) >= 11 is 0. The van der Waals surface area contributed by atoms with Crippen molar-refractivity contribution in [2.45, 2.75) is 157 Å². The molecule has 11 heteroatoms. The van der Waals surface area contributed by atoms with Crippen LogP contribution in [0.5, 0.6) is 5.75 Å². The minimum Gasteiger partial charge on any atom is -0.488 e. The summed E-state index contributed by atoms with van der Waals surface area (Å²) in [6.07, 6.45) is 11.9. The Morgan fingerprint density at radius 1 is 0.892 bits per heavy atom. The molecule has 0 aromatic heterocycles.